The van der Waals surface area contributed by atoms with Crippen LogP contribution in [0.4, 0.5) is 14.5 Å². The topological polar surface area (TPSA) is 98.6 Å². The number of aromatic amines is 1. The zero-order valence-corrected chi connectivity index (χ0v) is 19.7. The van der Waals surface area contributed by atoms with E-state index in [-0.39, 0.29) is 28.7 Å². The molecule has 0 atom stereocenters. The van der Waals surface area contributed by atoms with Crippen LogP contribution in [0.5, 0.6) is 0 Å². The van der Waals surface area contributed by atoms with Gasteiger partial charge in [-0.3, -0.25) is 14.5 Å². The van der Waals surface area contributed by atoms with Crippen molar-refractivity contribution in [1.82, 2.24) is 29.8 Å². The Labute approximate surface area is 204 Å². The van der Waals surface area contributed by atoms with Crippen LogP contribution in [-0.2, 0) is 6.54 Å². The molecule has 1 aliphatic heterocycles. The third kappa shape index (κ3) is 4.09. The van der Waals surface area contributed by atoms with Crippen LogP contribution in [0, 0.1) is 18.7 Å². The number of carbonyl (C=O) groups is 1. The Morgan fingerprint density at radius 2 is 1.89 bits per heavy atom. The molecule has 1 aromatic carbocycles. The van der Waals surface area contributed by atoms with E-state index in [9.17, 15) is 14.0 Å². The fourth-order valence-corrected chi connectivity index (χ4v) is 4.71. The van der Waals surface area contributed by atoms with E-state index >= 15 is 4.39 Å². The van der Waals surface area contributed by atoms with E-state index < -0.39 is 11.8 Å². The molecule has 2 fully saturated rings. The standard InChI is InChI=1S/C25H25F2N7O2/c1-14-12-20-25(36)30-22-18(34(20)31-14)6-2-15(21(22)26)13-32-8-10-33(11-9-32)19-7-5-17(29-23(19)27)24(35)28-16-3-4-16/h2,5-7,12,16H,3-4,8-11,13H2,1H3,(H,28,35)(H,30,36). The van der Waals surface area contributed by atoms with Crippen LogP contribution >= 0.6 is 0 Å². The van der Waals surface area contributed by atoms with Crippen LogP contribution in [0.25, 0.3) is 16.6 Å². The lowest BCUT2D eigenvalue weighted by molar-refractivity contribution is 0.0945. The molecular formula is C25H25F2N7O2. The van der Waals surface area contributed by atoms with Crippen LogP contribution in [0.1, 0.15) is 34.6 Å². The summed E-state index contributed by atoms with van der Waals surface area (Å²) in [6.07, 6.45) is 1.90. The number of aromatic nitrogens is 4. The van der Waals surface area contributed by atoms with Crippen LogP contribution < -0.4 is 15.8 Å². The van der Waals surface area contributed by atoms with Crippen molar-refractivity contribution in [2.75, 3.05) is 31.1 Å². The molecule has 6 rings (SSSR count). The van der Waals surface area contributed by atoms with Gasteiger partial charge in [0.2, 0.25) is 5.95 Å². The molecule has 0 radical (unpaired) electrons. The molecule has 4 heterocycles. The van der Waals surface area contributed by atoms with Crippen molar-refractivity contribution < 1.29 is 13.6 Å². The molecule has 2 aliphatic rings. The normalized spacial score (nSPS) is 16.7. The van der Waals surface area contributed by atoms with E-state index in [1.54, 1.807) is 37.3 Å². The summed E-state index contributed by atoms with van der Waals surface area (Å²) >= 11 is 0. The summed E-state index contributed by atoms with van der Waals surface area (Å²) in [5, 5.41) is 7.13. The van der Waals surface area contributed by atoms with Crippen LogP contribution in [0.15, 0.2) is 35.1 Å². The van der Waals surface area contributed by atoms with Crippen molar-refractivity contribution in [3.05, 3.63) is 69.4 Å². The number of rotatable bonds is 5. The lowest BCUT2D eigenvalue weighted by Crippen LogP contribution is -2.46. The Bertz CT molecular complexity index is 1550. The van der Waals surface area contributed by atoms with Crippen LogP contribution in [-0.4, -0.2) is 62.6 Å². The van der Waals surface area contributed by atoms with Crippen LogP contribution in [0.3, 0.4) is 0 Å². The summed E-state index contributed by atoms with van der Waals surface area (Å²) in [7, 11) is 0. The molecule has 9 nitrogen and oxygen atoms in total. The molecule has 4 aromatic rings. The molecule has 11 heteroatoms. The Morgan fingerprint density at radius 1 is 1.11 bits per heavy atom. The zero-order valence-electron chi connectivity index (χ0n) is 19.7. The Balaban J connectivity index is 1.15. The van der Waals surface area contributed by atoms with Gasteiger partial charge in [-0.15, -0.1) is 0 Å². The fourth-order valence-electron chi connectivity index (χ4n) is 4.71. The van der Waals surface area contributed by atoms with Crippen molar-refractivity contribution in [2.45, 2.75) is 32.4 Å². The number of fused-ring (bicyclic) bond motifs is 3. The predicted molar refractivity (Wildman–Crippen MR) is 130 cm³/mol. The number of benzene rings is 1. The number of pyridine rings is 1. The summed E-state index contributed by atoms with van der Waals surface area (Å²) in [6.45, 7) is 4.39. The van der Waals surface area contributed by atoms with E-state index in [0.29, 0.717) is 60.7 Å². The van der Waals surface area contributed by atoms with Gasteiger partial charge in [0.25, 0.3) is 11.5 Å². The van der Waals surface area contributed by atoms with E-state index in [0.717, 1.165) is 12.8 Å². The van der Waals surface area contributed by atoms with Crippen molar-refractivity contribution in [3.8, 4) is 0 Å². The van der Waals surface area contributed by atoms with E-state index in [4.69, 9.17) is 0 Å². The number of hydrogen-bond donors (Lipinski definition) is 2. The highest BCUT2D eigenvalue weighted by atomic mass is 19.1. The fraction of sp³-hybridized carbons (Fsp3) is 0.360. The number of anilines is 1. The highest BCUT2D eigenvalue weighted by Crippen LogP contribution is 2.24. The first-order valence-electron chi connectivity index (χ1n) is 12.0. The quantitative estimate of drug-likeness (QED) is 0.415. The highest BCUT2D eigenvalue weighted by Gasteiger charge is 2.26. The number of halogens is 2. The third-order valence-corrected chi connectivity index (χ3v) is 6.81. The second-order valence-electron chi connectivity index (χ2n) is 9.49. The maximum absolute atomic E-state index is 15.4. The predicted octanol–water partition coefficient (Wildman–Crippen LogP) is 2.37. The van der Waals surface area contributed by atoms with Gasteiger partial charge in [-0.2, -0.15) is 9.49 Å². The number of nitrogens with one attached hydrogen (secondary N) is 2. The summed E-state index contributed by atoms with van der Waals surface area (Å²) in [6, 6.07) is 8.47. The molecule has 3 aromatic heterocycles. The molecule has 36 heavy (non-hydrogen) atoms. The second kappa shape index (κ2) is 8.66. The van der Waals surface area contributed by atoms with Gasteiger partial charge in [0.05, 0.1) is 16.9 Å². The zero-order chi connectivity index (χ0) is 25.0. The van der Waals surface area contributed by atoms with E-state index in [1.165, 1.54) is 4.52 Å². The van der Waals surface area contributed by atoms with Crippen LogP contribution in [0.2, 0.25) is 0 Å². The lowest BCUT2D eigenvalue weighted by Gasteiger charge is -2.36. The minimum atomic E-state index is -0.670. The smallest absolute Gasteiger partial charge is 0.274 e. The van der Waals surface area contributed by atoms with Gasteiger partial charge in [0.15, 0.2) is 5.82 Å². The largest absolute Gasteiger partial charge is 0.365 e. The van der Waals surface area contributed by atoms with Gasteiger partial charge in [-0.25, -0.2) is 13.9 Å². The van der Waals surface area contributed by atoms with Crippen molar-refractivity contribution in [1.29, 1.82) is 0 Å². The number of amides is 1. The van der Waals surface area contributed by atoms with Crippen molar-refractivity contribution in [2.24, 2.45) is 0 Å². The summed E-state index contributed by atoms with van der Waals surface area (Å²) in [5.41, 5.74) is 2.19. The van der Waals surface area contributed by atoms with E-state index in [1.807, 2.05) is 4.90 Å². The average Bonchev–Trinajstić information content (AvgIpc) is 3.59. The highest BCUT2D eigenvalue weighted by molar-refractivity contribution is 5.92. The van der Waals surface area contributed by atoms with Gasteiger partial charge in [0.1, 0.15) is 16.7 Å². The SMILES string of the molecule is Cc1cc2c(=O)[nH]c3c(F)c(CN4CCN(c5ccc(C(=O)NC6CC6)nc5F)CC4)ccc3n2n1. The van der Waals surface area contributed by atoms with Gasteiger partial charge in [-0.05, 0) is 44.0 Å². The number of nitrogens with zero attached hydrogens (tertiary/aromatic N) is 5. The number of carbonyl (C=O) groups excluding carboxylic acids is 1. The van der Waals surface area contributed by atoms with Crippen molar-refractivity contribution >= 4 is 28.1 Å². The summed E-state index contributed by atoms with van der Waals surface area (Å²) < 4.78 is 31.6. The third-order valence-electron chi connectivity index (χ3n) is 6.81. The minimum Gasteiger partial charge on any atom is -0.365 e. The molecule has 0 bridgehead atoms. The first kappa shape index (κ1) is 22.6. The molecule has 1 aliphatic carbocycles. The molecule has 186 valence electrons. The van der Waals surface area contributed by atoms with Gasteiger partial charge in [0, 0.05) is 44.3 Å². The Morgan fingerprint density at radius 3 is 2.61 bits per heavy atom. The summed E-state index contributed by atoms with van der Waals surface area (Å²) in [5.74, 6) is -1.50. The molecule has 0 spiro atoms. The maximum atomic E-state index is 15.4. The van der Waals surface area contributed by atoms with Crippen molar-refractivity contribution in [3.63, 3.8) is 0 Å². The average molecular weight is 494 g/mol. The van der Waals surface area contributed by atoms with E-state index in [2.05, 4.69) is 25.3 Å². The number of H-pyrrole nitrogens is 1. The molecular weight excluding hydrogens is 468 g/mol. The molecule has 0 unspecified atom stereocenters. The minimum absolute atomic E-state index is 0.0779. The van der Waals surface area contributed by atoms with Gasteiger partial charge < -0.3 is 15.2 Å². The summed E-state index contributed by atoms with van der Waals surface area (Å²) in [4.78, 5) is 35.0. The Kier molecular flexibility index (Phi) is 5.44. The van der Waals surface area contributed by atoms with Gasteiger partial charge >= 0.3 is 0 Å². The molecule has 1 amide bonds. The number of aryl methyl sites for hydroxylation is 1. The molecule has 1 saturated carbocycles. The monoisotopic (exact) mass is 493 g/mol. The lowest BCUT2D eigenvalue weighted by atomic mass is 10.1. The second-order valence-corrected chi connectivity index (χ2v) is 9.49. The Hall–Kier alpha value is -3.86. The first-order valence-corrected chi connectivity index (χ1v) is 12.0. The maximum Gasteiger partial charge on any atom is 0.274 e. The molecule has 1 saturated heterocycles. The number of piperazine rings is 1. The van der Waals surface area contributed by atoms with Gasteiger partial charge in [-0.1, -0.05) is 6.07 Å². The first-order chi connectivity index (χ1) is 17.4. The number of hydrogen-bond acceptors (Lipinski definition) is 6. The molecule has 2 N–H and O–H groups in total.